The van der Waals surface area contributed by atoms with Crippen LogP contribution >= 0.6 is 0 Å². The van der Waals surface area contributed by atoms with Crippen molar-refractivity contribution in [3.63, 3.8) is 0 Å². The molecule has 12 nitrogen and oxygen atoms in total. The van der Waals surface area contributed by atoms with Crippen LogP contribution in [0.15, 0.2) is 158 Å². The third-order valence-electron chi connectivity index (χ3n) is 13.3. The number of rotatable bonds is 3. The van der Waals surface area contributed by atoms with Gasteiger partial charge in [-0.05, 0) is 79.7 Å². The van der Waals surface area contributed by atoms with Crippen LogP contribution < -0.4 is 25.3 Å². The van der Waals surface area contributed by atoms with Crippen LogP contribution in [0.5, 0.6) is 0 Å². The molecule has 0 fully saturated rings. The standard InChI is InChI=1S/C53H32N12/c1-3-36-30(2)31-15-8-22-40-45(31)63(36)49-43(25-12-28-55-49)61(40)52-57-51(60-38-20-6-7-21-39(38)65-47-34(17-10-23-41(47)60)35-18-11-27-54-48(35)65)58-53(59-52)62-42-24-9-16-33-32-14-4-5-19-37(32)64(46(33)42)50-44(62)26-13-29-56-50/h3-29H,2H2,1H3/b36-3+. The summed E-state index contributed by atoms with van der Waals surface area (Å²) in [5.41, 5.74) is 11.3. The predicted molar refractivity (Wildman–Crippen MR) is 258 cm³/mol. The van der Waals surface area contributed by atoms with Crippen molar-refractivity contribution in [3.05, 3.63) is 169 Å². The zero-order valence-electron chi connectivity index (χ0n) is 34.7. The lowest BCUT2D eigenvalue weighted by Crippen LogP contribution is -2.31. The maximum atomic E-state index is 5.59. The van der Waals surface area contributed by atoms with Gasteiger partial charge in [-0.1, -0.05) is 79.4 Å². The van der Waals surface area contributed by atoms with Crippen molar-refractivity contribution in [2.45, 2.75) is 6.92 Å². The molecule has 3 aliphatic heterocycles. The molecule has 7 aromatic heterocycles. The van der Waals surface area contributed by atoms with Gasteiger partial charge in [0.1, 0.15) is 5.65 Å². The molecule has 0 radical (unpaired) electrons. The van der Waals surface area contributed by atoms with Crippen molar-refractivity contribution in [2.75, 3.05) is 14.7 Å². The molecule has 0 atom stereocenters. The van der Waals surface area contributed by atoms with Crippen LogP contribution in [0, 0.1) is 0 Å². The lowest BCUT2D eigenvalue weighted by atomic mass is 10.1. The Morgan fingerprint density at radius 2 is 0.862 bits per heavy atom. The van der Waals surface area contributed by atoms with E-state index in [1.54, 1.807) is 0 Å². The first-order valence-electron chi connectivity index (χ1n) is 21.5. The normalized spacial score (nSPS) is 13.7. The second-order valence-electron chi connectivity index (χ2n) is 16.5. The molecule has 0 bridgehead atoms. The number of para-hydroxylation sites is 6. The summed E-state index contributed by atoms with van der Waals surface area (Å²) in [6, 6.07) is 48.3. The molecule has 12 heteroatoms. The van der Waals surface area contributed by atoms with Crippen molar-refractivity contribution in [2.24, 2.45) is 0 Å². The molecule has 5 aromatic carbocycles. The first-order chi connectivity index (χ1) is 32.2. The lowest BCUT2D eigenvalue weighted by Gasteiger charge is -2.35. The van der Waals surface area contributed by atoms with E-state index in [2.05, 4.69) is 162 Å². The van der Waals surface area contributed by atoms with Crippen LogP contribution in [0.3, 0.4) is 0 Å². The van der Waals surface area contributed by atoms with Gasteiger partial charge in [-0.25, -0.2) is 15.0 Å². The Bertz CT molecular complexity index is 4030. The van der Waals surface area contributed by atoms with E-state index < -0.39 is 0 Å². The zero-order chi connectivity index (χ0) is 42.7. The molecule has 12 aromatic rings. The fourth-order valence-corrected chi connectivity index (χ4v) is 10.8. The van der Waals surface area contributed by atoms with Crippen molar-refractivity contribution >= 4 is 119 Å². The number of benzene rings is 5. The highest BCUT2D eigenvalue weighted by atomic mass is 15.4. The first kappa shape index (κ1) is 34.4. The Labute approximate surface area is 369 Å². The molecule has 0 N–H and O–H groups in total. The summed E-state index contributed by atoms with van der Waals surface area (Å²) >= 11 is 0. The average Bonchev–Trinajstić information content (AvgIpc) is 3.99. The molecule has 304 valence electrons. The van der Waals surface area contributed by atoms with Crippen molar-refractivity contribution in [1.29, 1.82) is 0 Å². The molecule has 10 heterocycles. The van der Waals surface area contributed by atoms with Crippen molar-refractivity contribution in [3.8, 4) is 17.3 Å². The van der Waals surface area contributed by atoms with Gasteiger partial charge in [-0.15, -0.1) is 0 Å². The van der Waals surface area contributed by atoms with Gasteiger partial charge in [-0.3, -0.25) is 28.4 Å². The minimum Gasteiger partial charge on any atom is -0.290 e. The maximum absolute atomic E-state index is 5.59. The fourth-order valence-electron chi connectivity index (χ4n) is 10.8. The highest BCUT2D eigenvalue weighted by Gasteiger charge is 2.37. The largest absolute Gasteiger partial charge is 0.290 e. The van der Waals surface area contributed by atoms with Gasteiger partial charge in [0.05, 0.1) is 67.2 Å². The summed E-state index contributed by atoms with van der Waals surface area (Å²) in [4.78, 5) is 38.2. The molecular formula is C53H32N12. The highest BCUT2D eigenvalue weighted by molar-refractivity contribution is 6.17. The van der Waals surface area contributed by atoms with Crippen LogP contribution in [0.1, 0.15) is 6.92 Å². The smallest absolute Gasteiger partial charge is 0.241 e. The highest BCUT2D eigenvalue weighted by Crippen LogP contribution is 2.52. The Hall–Kier alpha value is -9.16. The fraction of sp³-hybridized carbons (Fsp3) is 0.0189. The van der Waals surface area contributed by atoms with Crippen LogP contribution in [-0.4, -0.2) is 43.6 Å². The van der Waals surface area contributed by atoms with Gasteiger partial charge >= 0.3 is 0 Å². The predicted octanol–water partition coefficient (Wildman–Crippen LogP) is 10.8. The second kappa shape index (κ2) is 12.3. The zero-order valence-corrected chi connectivity index (χ0v) is 34.7. The summed E-state index contributed by atoms with van der Waals surface area (Å²) in [7, 11) is 0. The van der Waals surface area contributed by atoms with E-state index >= 15 is 0 Å². The van der Waals surface area contributed by atoms with E-state index in [1.807, 2.05) is 43.7 Å². The molecule has 3 aliphatic rings. The molecule has 0 unspecified atom stereocenters. The van der Waals surface area contributed by atoms with Crippen molar-refractivity contribution < 1.29 is 0 Å². The average molecular weight is 837 g/mol. The van der Waals surface area contributed by atoms with Gasteiger partial charge in [0.2, 0.25) is 17.8 Å². The van der Waals surface area contributed by atoms with Crippen LogP contribution in [0.25, 0.3) is 84.6 Å². The minimum absolute atomic E-state index is 0.424. The summed E-state index contributed by atoms with van der Waals surface area (Å²) in [5.74, 6) is 2.84. The third-order valence-corrected chi connectivity index (χ3v) is 13.3. The van der Waals surface area contributed by atoms with Gasteiger partial charge in [0.15, 0.2) is 11.6 Å². The SMILES string of the molecule is C=c1/c(=C\C)n2c3c(cccc13)N(c1nc(N3c4cccnc4-n4c5ccccc5c5cccc3c54)nc(N3c4ccccc4-n4c5ncccc5c5cccc3c54)n1)c1cccnc1-2. The van der Waals surface area contributed by atoms with E-state index in [0.717, 1.165) is 117 Å². The van der Waals surface area contributed by atoms with Gasteiger partial charge in [0.25, 0.3) is 0 Å². The third kappa shape index (κ3) is 4.25. The van der Waals surface area contributed by atoms with E-state index in [9.17, 15) is 0 Å². The number of hydrogen-bond donors (Lipinski definition) is 0. The molecule has 0 amide bonds. The molecule has 0 saturated heterocycles. The summed E-state index contributed by atoms with van der Waals surface area (Å²) in [6.45, 7) is 6.60. The van der Waals surface area contributed by atoms with E-state index in [0.29, 0.717) is 17.8 Å². The second-order valence-corrected chi connectivity index (χ2v) is 16.5. The summed E-state index contributed by atoms with van der Waals surface area (Å²) in [6.07, 6.45) is 7.64. The first-order valence-corrected chi connectivity index (χ1v) is 21.5. The number of pyridine rings is 3. The number of aromatic nitrogens is 9. The minimum atomic E-state index is 0.424. The number of fused-ring (bicyclic) bond motifs is 12. The van der Waals surface area contributed by atoms with Crippen molar-refractivity contribution in [1.82, 2.24) is 43.6 Å². The van der Waals surface area contributed by atoms with Gasteiger partial charge in [0, 0.05) is 50.7 Å². The monoisotopic (exact) mass is 836 g/mol. The molecule has 0 aliphatic carbocycles. The summed E-state index contributed by atoms with van der Waals surface area (Å²) in [5, 5.41) is 7.37. The number of anilines is 9. The lowest BCUT2D eigenvalue weighted by molar-refractivity contribution is 0.922. The maximum Gasteiger partial charge on any atom is 0.241 e. The Balaban J connectivity index is 1.08. The van der Waals surface area contributed by atoms with Crippen LogP contribution in [0.4, 0.5) is 52.0 Å². The molecule has 15 rings (SSSR count). The molecule has 0 saturated carbocycles. The van der Waals surface area contributed by atoms with E-state index in [-0.39, 0.29) is 0 Å². The molecular weight excluding hydrogens is 805 g/mol. The van der Waals surface area contributed by atoms with Crippen LogP contribution in [0.2, 0.25) is 0 Å². The Morgan fingerprint density at radius 3 is 1.54 bits per heavy atom. The quantitative estimate of drug-likeness (QED) is 0.172. The topological polar surface area (TPSA) is 102 Å². The molecule has 0 spiro atoms. The summed E-state index contributed by atoms with van der Waals surface area (Å²) < 4.78 is 6.74. The van der Waals surface area contributed by atoms with Crippen LogP contribution in [-0.2, 0) is 0 Å². The van der Waals surface area contributed by atoms with Gasteiger partial charge < -0.3 is 0 Å². The Kier molecular flexibility index (Phi) is 6.50. The number of hydrogen-bond acceptors (Lipinski definition) is 9. The van der Waals surface area contributed by atoms with Gasteiger partial charge in [-0.2, -0.15) is 15.0 Å². The Morgan fingerprint density at radius 1 is 0.400 bits per heavy atom. The van der Waals surface area contributed by atoms with E-state index in [1.165, 1.54) is 0 Å². The molecule has 65 heavy (non-hydrogen) atoms. The number of nitrogens with zero attached hydrogens (tertiary/aromatic N) is 12. The van der Waals surface area contributed by atoms with E-state index in [4.69, 9.17) is 29.9 Å².